The van der Waals surface area contributed by atoms with E-state index in [1.165, 1.54) is 0 Å². The fourth-order valence-corrected chi connectivity index (χ4v) is 0.795. The summed E-state index contributed by atoms with van der Waals surface area (Å²) in [4.78, 5) is 2.69. The van der Waals surface area contributed by atoms with Crippen molar-refractivity contribution in [2.75, 3.05) is 0 Å². The van der Waals surface area contributed by atoms with E-state index in [0.717, 1.165) is 6.92 Å². The smallest absolute Gasteiger partial charge is 0.224 e. The Morgan fingerprint density at radius 3 is 1.67 bits per heavy atom. The maximum Gasteiger partial charge on any atom is 0.437 e. The van der Waals surface area contributed by atoms with Crippen molar-refractivity contribution in [2.45, 2.75) is 19.3 Å². The average Bonchev–Trinajstić information content (AvgIpc) is 2.00. The average molecular weight is 231 g/mol. The summed E-state index contributed by atoms with van der Waals surface area (Å²) < 4.78 is 72.6. The molecule has 0 aliphatic carbocycles. The van der Waals surface area contributed by atoms with Crippen LogP contribution in [0.25, 0.3) is 0 Å². The van der Waals surface area contributed by atoms with E-state index in [1.807, 2.05) is 0 Å². The molecule has 84 valence electrons. The third kappa shape index (κ3) is 2.54. The summed E-state index contributed by atoms with van der Waals surface area (Å²) in [6, 6.07) is 0. The molecule has 0 saturated heterocycles. The Morgan fingerprint density at radius 2 is 1.27 bits per heavy atom. The van der Waals surface area contributed by atoms with E-state index in [0.29, 0.717) is 0 Å². The van der Waals surface area contributed by atoms with Gasteiger partial charge in [-0.05, 0) is 6.92 Å². The van der Waals surface area contributed by atoms with E-state index in [4.69, 9.17) is 0 Å². The summed E-state index contributed by atoms with van der Waals surface area (Å²) >= 11 is 0. The second-order valence-electron chi connectivity index (χ2n) is 2.55. The van der Waals surface area contributed by atoms with Crippen LogP contribution >= 0.6 is 0 Å². The second-order valence-corrected chi connectivity index (χ2v) is 2.55. The number of nitrogens with zero attached hydrogens (tertiary/aromatic N) is 3. The number of halogens is 6. The lowest BCUT2D eigenvalue weighted by atomic mass is 10.3. The van der Waals surface area contributed by atoms with E-state index in [9.17, 15) is 26.3 Å². The first-order valence-corrected chi connectivity index (χ1v) is 3.48. The lowest BCUT2D eigenvalue weighted by Crippen LogP contribution is -2.22. The molecule has 0 amide bonds. The van der Waals surface area contributed by atoms with Crippen molar-refractivity contribution in [3.63, 3.8) is 0 Å². The molecule has 1 aromatic rings. The molecule has 1 aromatic heterocycles. The van der Waals surface area contributed by atoms with Gasteiger partial charge in [0.25, 0.3) is 0 Å². The zero-order valence-corrected chi connectivity index (χ0v) is 7.11. The van der Waals surface area contributed by atoms with Gasteiger partial charge in [0.15, 0.2) is 11.4 Å². The molecule has 0 radical (unpaired) electrons. The standard InChI is InChI=1S/C6H3F6N3/c1-2-13-3(5(7,8)9)4(15-14-2)6(10,11)12/h1H3. The lowest BCUT2D eigenvalue weighted by molar-refractivity contribution is -0.168. The molecule has 15 heavy (non-hydrogen) atoms. The van der Waals surface area contributed by atoms with Gasteiger partial charge in [-0.2, -0.15) is 26.3 Å². The molecule has 0 saturated carbocycles. The molecule has 0 N–H and O–H groups in total. The SMILES string of the molecule is Cc1nnc(C(F)(F)F)c(C(F)(F)F)n1. The van der Waals surface area contributed by atoms with Crippen LogP contribution < -0.4 is 0 Å². The fraction of sp³-hybridized carbons (Fsp3) is 0.500. The van der Waals surface area contributed by atoms with Gasteiger partial charge in [0.1, 0.15) is 5.82 Å². The zero-order valence-electron chi connectivity index (χ0n) is 7.11. The van der Waals surface area contributed by atoms with Gasteiger partial charge in [0.05, 0.1) is 0 Å². The summed E-state index contributed by atoms with van der Waals surface area (Å²) in [6.45, 7) is 1.02. The van der Waals surface area contributed by atoms with Gasteiger partial charge in [-0.15, -0.1) is 10.2 Å². The van der Waals surface area contributed by atoms with Crippen molar-refractivity contribution in [1.82, 2.24) is 15.2 Å². The third-order valence-corrected chi connectivity index (χ3v) is 1.33. The third-order valence-electron chi connectivity index (χ3n) is 1.33. The predicted octanol–water partition coefficient (Wildman–Crippen LogP) is 2.22. The maximum absolute atomic E-state index is 12.1. The summed E-state index contributed by atoms with van der Waals surface area (Å²) in [5, 5.41) is 5.30. The number of hydrogen-bond acceptors (Lipinski definition) is 3. The van der Waals surface area contributed by atoms with Crippen LogP contribution in [0.3, 0.4) is 0 Å². The van der Waals surface area contributed by atoms with E-state index in [-0.39, 0.29) is 0 Å². The van der Waals surface area contributed by atoms with Gasteiger partial charge in [-0.1, -0.05) is 0 Å². The van der Waals surface area contributed by atoms with Gasteiger partial charge in [-0.25, -0.2) is 4.98 Å². The van der Waals surface area contributed by atoms with E-state index < -0.39 is 29.6 Å². The van der Waals surface area contributed by atoms with Gasteiger partial charge < -0.3 is 0 Å². The number of rotatable bonds is 0. The molecule has 0 aliphatic heterocycles. The molecule has 0 aliphatic rings. The quantitative estimate of drug-likeness (QED) is 0.642. The van der Waals surface area contributed by atoms with Gasteiger partial charge >= 0.3 is 12.4 Å². The molecule has 9 heteroatoms. The molecular weight excluding hydrogens is 228 g/mol. The Morgan fingerprint density at radius 1 is 0.800 bits per heavy atom. The summed E-state index contributed by atoms with van der Waals surface area (Å²) in [6.07, 6.45) is -10.4. The van der Waals surface area contributed by atoms with Crippen molar-refractivity contribution in [1.29, 1.82) is 0 Å². The molecule has 0 fully saturated rings. The highest BCUT2D eigenvalue weighted by Crippen LogP contribution is 2.37. The van der Waals surface area contributed by atoms with Crippen molar-refractivity contribution in [2.24, 2.45) is 0 Å². The fourth-order valence-electron chi connectivity index (χ4n) is 0.795. The van der Waals surface area contributed by atoms with E-state index in [2.05, 4.69) is 15.2 Å². The molecule has 0 bridgehead atoms. The van der Waals surface area contributed by atoms with Crippen molar-refractivity contribution >= 4 is 0 Å². The molecule has 1 heterocycles. The second kappa shape index (κ2) is 3.31. The first kappa shape index (κ1) is 11.7. The normalized spacial score (nSPS) is 13.0. The molecule has 3 nitrogen and oxygen atoms in total. The van der Waals surface area contributed by atoms with Crippen molar-refractivity contribution < 1.29 is 26.3 Å². The molecule has 0 atom stereocenters. The Labute approximate surface area is 79.1 Å². The van der Waals surface area contributed by atoms with Crippen molar-refractivity contribution in [3.05, 3.63) is 17.2 Å². The molecule has 1 rings (SSSR count). The number of aryl methyl sites for hydroxylation is 1. The van der Waals surface area contributed by atoms with Crippen LogP contribution in [0.5, 0.6) is 0 Å². The zero-order chi connectivity index (χ0) is 11.9. The molecule has 0 spiro atoms. The van der Waals surface area contributed by atoms with Gasteiger partial charge in [0, 0.05) is 0 Å². The van der Waals surface area contributed by atoms with Crippen molar-refractivity contribution in [3.8, 4) is 0 Å². The highest BCUT2D eigenvalue weighted by molar-refractivity contribution is 5.16. The highest BCUT2D eigenvalue weighted by Gasteiger charge is 2.46. The Bertz CT molecular complexity index is 368. The first-order chi connectivity index (χ1) is 6.62. The maximum atomic E-state index is 12.1. The van der Waals surface area contributed by atoms with Crippen LogP contribution in [0.1, 0.15) is 17.2 Å². The van der Waals surface area contributed by atoms with E-state index >= 15 is 0 Å². The largest absolute Gasteiger partial charge is 0.437 e. The Balaban J connectivity index is 3.41. The Kier molecular flexibility index (Phi) is 2.58. The number of hydrogen-bond donors (Lipinski definition) is 0. The minimum Gasteiger partial charge on any atom is -0.224 e. The minimum absolute atomic E-state index is 0.477. The summed E-state index contributed by atoms with van der Waals surface area (Å²) in [7, 11) is 0. The summed E-state index contributed by atoms with van der Waals surface area (Å²) in [5.41, 5.74) is -4.19. The Hall–Kier alpha value is -1.41. The van der Waals surface area contributed by atoms with Gasteiger partial charge in [-0.3, -0.25) is 0 Å². The number of aromatic nitrogens is 3. The number of alkyl halides is 6. The van der Waals surface area contributed by atoms with Gasteiger partial charge in [0.2, 0.25) is 0 Å². The molecular formula is C6H3F6N3. The lowest BCUT2D eigenvalue weighted by Gasteiger charge is -2.12. The molecule has 0 unspecified atom stereocenters. The monoisotopic (exact) mass is 231 g/mol. The highest BCUT2D eigenvalue weighted by atomic mass is 19.4. The van der Waals surface area contributed by atoms with Crippen LogP contribution in [0.4, 0.5) is 26.3 Å². The van der Waals surface area contributed by atoms with Crippen LogP contribution in [-0.4, -0.2) is 15.2 Å². The van der Waals surface area contributed by atoms with Crippen LogP contribution in [0.15, 0.2) is 0 Å². The van der Waals surface area contributed by atoms with Crippen LogP contribution in [0, 0.1) is 6.92 Å². The predicted molar refractivity (Wildman–Crippen MR) is 34.6 cm³/mol. The van der Waals surface area contributed by atoms with E-state index in [1.54, 1.807) is 0 Å². The molecule has 0 aromatic carbocycles. The topological polar surface area (TPSA) is 38.7 Å². The first-order valence-electron chi connectivity index (χ1n) is 3.48. The summed E-state index contributed by atoms with van der Waals surface area (Å²) in [5.74, 6) is -0.477. The van der Waals surface area contributed by atoms with Crippen LogP contribution in [0.2, 0.25) is 0 Å². The minimum atomic E-state index is -5.22. The van der Waals surface area contributed by atoms with Crippen LogP contribution in [-0.2, 0) is 12.4 Å².